The highest BCUT2D eigenvalue weighted by molar-refractivity contribution is 5.85. The first-order valence-corrected chi connectivity index (χ1v) is 8.68. The second kappa shape index (κ2) is 7.10. The summed E-state index contributed by atoms with van der Waals surface area (Å²) < 4.78 is 6.25. The summed E-state index contributed by atoms with van der Waals surface area (Å²) in [7, 11) is 0. The number of primary amides is 1. The fourth-order valence-electron chi connectivity index (χ4n) is 3.81. The first-order valence-electron chi connectivity index (χ1n) is 8.68. The monoisotopic (exact) mass is 296 g/mol. The summed E-state index contributed by atoms with van der Waals surface area (Å²) in [6.07, 6.45) is 8.55. The van der Waals surface area contributed by atoms with Crippen LogP contribution in [0.4, 0.5) is 0 Å². The summed E-state index contributed by atoms with van der Waals surface area (Å²) in [5.74, 6) is 0.742. The Morgan fingerprint density at radius 2 is 1.95 bits per heavy atom. The zero-order valence-corrected chi connectivity index (χ0v) is 13.9. The normalized spacial score (nSPS) is 29.3. The van der Waals surface area contributed by atoms with Gasteiger partial charge in [0, 0.05) is 6.04 Å². The third-order valence-electron chi connectivity index (χ3n) is 5.15. The molecule has 0 aromatic rings. The Kier molecular flexibility index (Phi) is 5.67. The van der Waals surface area contributed by atoms with Crippen LogP contribution in [-0.2, 0) is 9.53 Å². The van der Waals surface area contributed by atoms with E-state index < -0.39 is 5.54 Å². The average molecular weight is 296 g/mol. The summed E-state index contributed by atoms with van der Waals surface area (Å²) in [4.78, 5) is 12.1. The van der Waals surface area contributed by atoms with Crippen LogP contribution >= 0.6 is 0 Å². The van der Waals surface area contributed by atoms with E-state index in [1.54, 1.807) is 0 Å². The molecular weight excluding hydrogens is 264 g/mol. The zero-order chi connectivity index (χ0) is 15.5. The van der Waals surface area contributed by atoms with Crippen molar-refractivity contribution in [1.29, 1.82) is 0 Å². The molecule has 1 amide bonds. The average Bonchev–Trinajstić information content (AvgIpc) is 3.28. The third kappa shape index (κ3) is 3.98. The van der Waals surface area contributed by atoms with Crippen molar-refractivity contribution in [3.63, 3.8) is 0 Å². The number of carbonyl (C=O) groups is 1. The van der Waals surface area contributed by atoms with Gasteiger partial charge in [-0.25, -0.2) is 0 Å². The van der Waals surface area contributed by atoms with E-state index >= 15 is 0 Å². The Morgan fingerprint density at radius 1 is 1.29 bits per heavy atom. The minimum atomic E-state index is -0.663. The van der Waals surface area contributed by atoms with Crippen molar-refractivity contribution in [3.8, 4) is 0 Å². The molecule has 0 aliphatic heterocycles. The van der Waals surface area contributed by atoms with Gasteiger partial charge >= 0.3 is 0 Å². The fraction of sp³-hybridized carbons (Fsp3) is 0.941. The van der Waals surface area contributed by atoms with Crippen LogP contribution in [0.25, 0.3) is 0 Å². The standard InChI is InChI=1S/C17H32N2O2/c1-4-13-7-5-6-8-15(13)21-11-17(16(18)20,14-9-10-14)19-12(2)3/h12-15,19H,4-11H2,1-3H3,(H2,18,20). The van der Waals surface area contributed by atoms with E-state index in [1.165, 1.54) is 19.3 Å². The third-order valence-corrected chi connectivity index (χ3v) is 5.15. The van der Waals surface area contributed by atoms with E-state index in [2.05, 4.69) is 26.1 Å². The SMILES string of the molecule is CCC1CCCCC1OCC(NC(C)C)(C(N)=O)C1CC1. The van der Waals surface area contributed by atoms with Crippen LogP contribution in [0.1, 0.15) is 65.7 Å². The maximum atomic E-state index is 12.1. The van der Waals surface area contributed by atoms with E-state index in [9.17, 15) is 4.79 Å². The summed E-state index contributed by atoms with van der Waals surface area (Å²) in [5.41, 5.74) is 5.10. The van der Waals surface area contributed by atoms with Gasteiger partial charge in [0.05, 0.1) is 12.7 Å². The highest BCUT2D eigenvalue weighted by Crippen LogP contribution is 2.41. The van der Waals surface area contributed by atoms with E-state index in [0.29, 0.717) is 24.5 Å². The number of hydrogen-bond acceptors (Lipinski definition) is 3. The Morgan fingerprint density at radius 3 is 2.48 bits per heavy atom. The molecule has 0 saturated heterocycles. The number of ether oxygens (including phenoxy) is 1. The molecule has 122 valence electrons. The van der Waals surface area contributed by atoms with Gasteiger partial charge in [-0.05, 0) is 51.4 Å². The number of amides is 1. The summed E-state index contributed by atoms with van der Waals surface area (Å²) >= 11 is 0. The van der Waals surface area contributed by atoms with Gasteiger partial charge in [0.25, 0.3) is 0 Å². The minimum Gasteiger partial charge on any atom is -0.375 e. The van der Waals surface area contributed by atoms with E-state index in [4.69, 9.17) is 10.5 Å². The van der Waals surface area contributed by atoms with Crippen molar-refractivity contribution in [2.75, 3.05) is 6.61 Å². The molecule has 0 heterocycles. The first kappa shape index (κ1) is 16.8. The molecule has 0 bridgehead atoms. The Balaban J connectivity index is 2.02. The number of nitrogens with one attached hydrogen (secondary N) is 1. The van der Waals surface area contributed by atoms with Crippen LogP contribution in [0.15, 0.2) is 0 Å². The molecule has 2 aliphatic rings. The van der Waals surface area contributed by atoms with Crippen LogP contribution in [0.2, 0.25) is 0 Å². The lowest BCUT2D eigenvalue weighted by Gasteiger charge is -2.38. The molecule has 0 aromatic carbocycles. The lowest BCUT2D eigenvalue weighted by atomic mass is 9.84. The van der Waals surface area contributed by atoms with Crippen LogP contribution < -0.4 is 11.1 Å². The van der Waals surface area contributed by atoms with Crippen LogP contribution in [0.3, 0.4) is 0 Å². The number of carbonyl (C=O) groups excluding carboxylic acids is 1. The Labute approximate surface area is 129 Å². The maximum absolute atomic E-state index is 12.1. The molecule has 2 saturated carbocycles. The predicted octanol–water partition coefficient (Wildman–Crippen LogP) is 2.60. The maximum Gasteiger partial charge on any atom is 0.240 e. The predicted molar refractivity (Wildman–Crippen MR) is 84.9 cm³/mol. The Bertz CT molecular complexity index is 355. The summed E-state index contributed by atoms with van der Waals surface area (Å²) in [6, 6.07) is 0.232. The lowest BCUT2D eigenvalue weighted by Crippen LogP contribution is -2.62. The van der Waals surface area contributed by atoms with Crippen LogP contribution in [0, 0.1) is 11.8 Å². The van der Waals surface area contributed by atoms with Gasteiger partial charge in [0.2, 0.25) is 5.91 Å². The van der Waals surface area contributed by atoms with E-state index in [-0.39, 0.29) is 11.9 Å². The molecule has 4 nitrogen and oxygen atoms in total. The highest BCUT2D eigenvalue weighted by Gasteiger charge is 2.50. The van der Waals surface area contributed by atoms with Crippen LogP contribution in [0.5, 0.6) is 0 Å². The molecule has 3 N–H and O–H groups in total. The van der Waals surface area contributed by atoms with E-state index in [0.717, 1.165) is 25.7 Å². The van der Waals surface area contributed by atoms with Gasteiger partial charge in [0.1, 0.15) is 5.54 Å². The van der Waals surface area contributed by atoms with Gasteiger partial charge in [-0.1, -0.05) is 26.2 Å². The van der Waals surface area contributed by atoms with Crippen molar-refractivity contribution in [2.24, 2.45) is 17.6 Å². The Hall–Kier alpha value is -0.610. The minimum absolute atomic E-state index is 0.232. The second-order valence-corrected chi connectivity index (χ2v) is 7.21. The van der Waals surface area contributed by atoms with Gasteiger partial charge < -0.3 is 10.5 Å². The van der Waals surface area contributed by atoms with Gasteiger partial charge in [-0.2, -0.15) is 0 Å². The number of hydrogen-bond donors (Lipinski definition) is 2. The second-order valence-electron chi connectivity index (χ2n) is 7.21. The van der Waals surface area contributed by atoms with E-state index in [1.807, 2.05) is 0 Å². The molecule has 2 rings (SSSR count). The topological polar surface area (TPSA) is 64.3 Å². The molecule has 21 heavy (non-hydrogen) atoms. The summed E-state index contributed by atoms with van der Waals surface area (Å²) in [5, 5.41) is 3.43. The number of nitrogens with two attached hydrogens (primary N) is 1. The largest absolute Gasteiger partial charge is 0.375 e. The molecule has 2 aliphatic carbocycles. The van der Waals surface area contributed by atoms with Gasteiger partial charge in [0.15, 0.2) is 0 Å². The molecule has 4 heteroatoms. The number of rotatable bonds is 8. The molecule has 0 spiro atoms. The van der Waals surface area contributed by atoms with Crippen molar-refractivity contribution in [2.45, 2.75) is 83.4 Å². The van der Waals surface area contributed by atoms with Crippen molar-refractivity contribution in [3.05, 3.63) is 0 Å². The zero-order valence-electron chi connectivity index (χ0n) is 13.9. The summed E-state index contributed by atoms with van der Waals surface area (Å²) in [6.45, 7) is 6.80. The first-order chi connectivity index (χ1) is 9.99. The van der Waals surface area contributed by atoms with Crippen molar-refractivity contribution in [1.82, 2.24) is 5.32 Å². The molecular formula is C17H32N2O2. The molecule has 0 radical (unpaired) electrons. The van der Waals surface area contributed by atoms with Crippen molar-refractivity contribution < 1.29 is 9.53 Å². The smallest absolute Gasteiger partial charge is 0.240 e. The quantitative estimate of drug-likeness (QED) is 0.723. The molecule has 3 unspecified atom stereocenters. The molecule has 2 fully saturated rings. The lowest BCUT2D eigenvalue weighted by molar-refractivity contribution is -0.131. The molecule has 0 aromatic heterocycles. The van der Waals surface area contributed by atoms with Crippen molar-refractivity contribution >= 4 is 5.91 Å². The fourth-order valence-corrected chi connectivity index (χ4v) is 3.81. The van der Waals surface area contributed by atoms with Gasteiger partial charge in [-0.15, -0.1) is 0 Å². The molecule has 3 atom stereocenters. The highest BCUT2D eigenvalue weighted by atomic mass is 16.5. The van der Waals surface area contributed by atoms with Gasteiger partial charge in [-0.3, -0.25) is 10.1 Å². The van der Waals surface area contributed by atoms with Crippen LogP contribution in [-0.4, -0.2) is 30.2 Å².